The number of nitro groups is 1. The minimum atomic E-state index is -4.28. The lowest BCUT2D eigenvalue weighted by molar-refractivity contribution is -0.383. The Morgan fingerprint density at radius 1 is 1.00 bits per heavy atom. The maximum atomic E-state index is 11.0. The smallest absolute Gasteiger partial charge is 0.294 e. The molecule has 0 saturated carbocycles. The quantitative estimate of drug-likeness (QED) is 0.338. The zero-order chi connectivity index (χ0) is 15.8. The highest BCUT2D eigenvalue weighted by atomic mass is 32.2. The van der Waals surface area contributed by atoms with Crippen LogP contribution in [0.15, 0.2) is 41.3 Å². The number of rotatable bonds is 3. The monoisotopic (exact) mass is 309 g/mol. The Morgan fingerprint density at radius 2 is 1.57 bits per heavy atom. The molecular weight excluding hydrogens is 298 g/mol. The molecule has 0 heterocycles. The summed E-state index contributed by atoms with van der Waals surface area (Å²) in [6, 6.07) is 7.87. The highest BCUT2D eigenvalue weighted by molar-refractivity contribution is 7.85. The predicted molar refractivity (Wildman–Crippen MR) is 77.2 cm³/mol. The average molecular weight is 309 g/mol. The van der Waals surface area contributed by atoms with Crippen LogP contribution in [0, 0.1) is 10.1 Å². The summed E-state index contributed by atoms with van der Waals surface area (Å²) in [6.07, 6.45) is 0. The summed E-state index contributed by atoms with van der Waals surface area (Å²) in [4.78, 5) is 9.85. The van der Waals surface area contributed by atoms with Gasteiger partial charge in [0, 0.05) is 11.6 Å². The van der Waals surface area contributed by atoms with Crippen LogP contribution < -0.4 is 11.5 Å². The van der Waals surface area contributed by atoms with Crippen LogP contribution in [0.25, 0.3) is 11.1 Å². The Morgan fingerprint density at radius 3 is 2.05 bits per heavy atom. The van der Waals surface area contributed by atoms with Crippen molar-refractivity contribution >= 4 is 27.2 Å². The molecule has 0 radical (unpaired) electrons. The van der Waals surface area contributed by atoms with Crippen molar-refractivity contribution in [2.24, 2.45) is 0 Å². The molecule has 2 aromatic rings. The molecule has 2 rings (SSSR count). The summed E-state index contributed by atoms with van der Waals surface area (Å²) >= 11 is 0. The Hall–Kier alpha value is -2.65. The van der Waals surface area contributed by atoms with Crippen LogP contribution >= 0.6 is 0 Å². The number of nitro benzene ring substituents is 1. The molecule has 0 bridgehead atoms. The van der Waals surface area contributed by atoms with Gasteiger partial charge in [0.25, 0.3) is 15.8 Å². The van der Waals surface area contributed by atoms with Gasteiger partial charge in [0.1, 0.15) is 5.69 Å². The van der Waals surface area contributed by atoms with Gasteiger partial charge >= 0.3 is 0 Å². The van der Waals surface area contributed by atoms with Gasteiger partial charge in [0.05, 0.1) is 15.5 Å². The molecule has 5 N–H and O–H groups in total. The van der Waals surface area contributed by atoms with Crippen molar-refractivity contribution in [2.75, 3.05) is 11.5 Å². The number of benzene rings is 2. The zero-order valence-corrected chi connectivity index (χ0v) is 11.4. The Kier molecular flexibility index (Phi) is 3.54. The van der Waals surface area contributed by atoms with E-state index >= 15 is 0 Å². The van der Waals surface area contributed by atoms with Crippen molar-refractivity contribution in [2.45, 2.75) is 4.90 Å². The molecule has 0 aliphatic rings. The molecule has 2 aromatic carbocycles. The van der Waals surface area contributed by atoms with E-state index in [2.05, 4.69) is 0 Å². The van der Waals surface area contributed by atoms with Gasteiger partial charge in [-0.15, -0.1) is 0 Å². The molecule has 0 atom stereocenters. The fourth-order valence-corrected chi connectivity index (χ4v) is 2.32. The molecule has 21 heavy (non-hydrogen) atoms. The molecule has 0 aliphatic carbocycles. The Labute approximate surface area is 119 Å². The number of nitrogens with zero attached hydrogens (tertiary/aromatic N) is 1. The van der Waals surface area contributed by atoms with Crippen molar-refractivity contribution in [3.8, 4) is 11.1 Å². The van der Waals surface area contributed by atoms with Gasteiger partial charge in [-0.25, -0.2) is 0 Å². The number of nitrogens with two attached hydrogens (primary N) is 2. The lowest BCUT2D eigenvalue weighted by atomic mass is 10.0. The number of hydrogen-bond acceptors (Lipinski definition) is 6. The number of nitrogen functional groups attached to an aromatic ring is 2. The first-order valence-corrected chi connectivity index (χ1v) is 7.06. The summed E-state index contributed by atoms with van der Waals surface area (Å²) in [5, 5.41) is 10.8. The lowest BCUT2D eigenvalue weighted by Gasteiger charge is -2.09. The third-order valence-corrected chi connectivity index (χ3v) is 3.79. The fraction of sp³-hybridized carbons (Fsp3) is 0. The van der Waals surface area contributed by atoms with Crippen molar-refractivity contribution in [3.05, 3.63) is 46.5 Å². The number of hydrogen-bond donors (Lipinski definition) is 3. The van der Waals surface area contributed by atoms with E-state index in [1.54, 1.807) is 0 Å². The highest BCUT2D eigenvalue weighted by Gasteiger charge is 2.17. The molecule has 0 fully saturated rings. The molecule has 0 aliphatic heterocycles. The van der Waals surface area contributed by atoms with Crippen molar-refractivity contribution in [1.82, 2.24) is 0 Å². The standard InChI is InChI=1S/C12H11N3O5S/c13-11-9(5-6-10(12(11)14)15(16)17)7-1-3-8(4-2-7)21(18,19)20/h1-6H,13-14H2,(H,18,19,20). The third kappa shape index (κ3) is 2.78. The van der Waals surface area contributed by atoms with E-state index in [1.807, 2.05) is 0 Å². The van der Waals surface area contributed by atoms with Gasteiger partial charge in [-0.05, 0) is 23.8 Å². The molecule has 8 nitrogen and oxygen atoms in total. The van der Waals surface area contributed by atoms with E-state index in [9.17, 15) is 18.5 Å². The van der Waals surface area contributed by atoms with Gasteiger partial charge in [-0.3, -0.25) is 14.7 Å². The van der Waals surface area contributed by atoms with Crippen molar-refractivity contribution in [3.63, 3.8) is 0 Å². The summed E-state index contributed by atoms with van der Waals surface area (Å²) in [5.74, 6) is 0. The largest absolute Gasteiger partial charge is 0.396 e. The highest BCUT2D eigenvalue weighted by Crippen LogP contribution is 2.36. The third-order valence-electron chi connectivity index (χ3n) is 2.92. The molecule has 0 saturated heterocycles. The van der Waals surface area contributed by atoms with Gasteiger partial charge in [-0.1, -0.05) is 12.1 Å². The van der Waals surface area contributed by atoms with Crippen LogP contribution in [0.1, 0.15) is 0 Å². The van der Waals surface area contributed by atoms with E-state index in [0.29, 0.717) is 11.1 Å². The number of anilines is 2. The van der Waals surface area contributed by atoms with Crippen molar-refractivity contribution < 1.29 is 17.9 Å². The average Bonchev–Trinajstić information content (AvgIpc) is 2.40. The molecule has 0 aromatic heterocycles. The van der Waals surface area contributed by atoms with Crippen LogP contribution in [0.5, 0.6) is 0 Å². The zero-order valence-electron chi connectivity index (χ0n) is 10.6. The first-order chi connectivity index (χ1) is 9.71. The van der Waals surface area contributed by atoms with E-state index in [0.717, 1.165) is 0 Å². The molecule has 110 valence electrons. The second-order valence-corrected chi connectivity index (χ2v) is 5.64. The predicted octanol–water partition coefficient (Wildman–Crippen LogP) is 1.67. The van der Waals surface area contributed by atoms with Crippen LogP contribution in [0.3, 0.4) is 0 Å². The second-order valence-electron chi connectivity index (χ2n) is 4.22. The minimum absolute atomic E-state index is 0.0313. The maximum absolute atomic E-state index is 11.0. The Bertz CT molecular complexity index is 816. The van der Waals surface area contributed by atoms with Crippen molar-refractivity contribution in [1.29, 1.82) is 0 Å². The summed E-state index contributed by atoms with van der Waals surface area (Å²) in [5.41, 5.74) is 11.9. The first-order valence-electron chi connectivity index (χ1n) is 5.62. The van der Waals surface area contributed by atoms with Gasteiger partial charge in [0.15, 0.2) is 0 Å². The minimum Gasteiger partial charge on any atom is -0.396 e. The van der Waals surface area contributed by atoms with Gasteiger partial charge in [0.2, 0.25) is 0 Å². The summed E-state index contributed by atoms with van der Waals surface area (Å²) < 4.78 is 30.8. The van der Waals surface area contributed by atoms with E-state index in [4.69, 9.17) is 16.0 Å². The molecule has 0 unspecified atom stereocenters. The molecule has 0 amide bonds. The maximum Gasteiger partial charge on any atom is 0.294 e. The van der Waals surface area contributed by atoms with E-state index in [-0.39, 0.29) is 22.0 Å². The Balaban J connectivity index is 2.53. The van der Waals surface area contributed by atoms with Gasteiger partial charge in [-0.2, -0.15) is 8.42 Å². The van der Waals surface area contributed by atoms with Gasteiger partial charge < -0.3 is 11.5 Å². The second kappa shape index (κ2) is 5.04. The van der Waals surface area contributed by atoms with E-state index < -0.39 is 15.0 Å². The molecular formula is C12H11N3O5S. The summed E-state index contributed by atoms with van der Waals surface area (Å²) in [7, 11) is -4.28. The molecule has 0 spiro atoms. The topological polar surface area (TPSA) is 150 Å². The fourth-order valence-electron chi connectivity index (χ4n) is 1.84. The van der Waals surface area contributed by atoms with Crippen LogP contribution in [0.4, 0.5) is 17.1 Å². The first kappa shape index (κ1) is 14.8. The van der Waals surface area contributed by atoms with Crippen LogP contribution in [0.2, 0.25) is 0 Å². The summed E-state index contributed by atoms with van der Waals surface area (Å²) in [6.45, 7) is 0. The van der Waals surface area contributed by atoms with Crippen LogP contribution in [-0.2, 0) is 10.1 Å². The van der Waals surface area contributed by atoms with Crippen LogP contribution in [-0.4, -0.2) is 17.9 Å². The normalized spacial score (nSPS) is 11.3. The SMILES string of the molecule is Nc1c(-c2ccc(S(=O)(=O)O)cc2)ccc([N+](=O)[O-])c1N. The lowest BCUT2D eigenvalue weighted by Crippen LogP contribution is -2.02. The van der Waals surface area contributed by atoms with E-state index in [1.165, 1.54) is 36.4 Å². The molecule has 9 heteroatoms.